The molecular formula is C13H14N2O3S. The molecule has 1 N–H and O–H groups in total. The van der Waals surface area contributed by atoms with Gasteiger partial charge in [0.2, 0.25) is 0 Å². The van der Waals surface area contributed by atoms with Crippen LogP contribution in [0.5, 0.6) is 0 Å². The van der Waals surface area contributed by atoms with Gasteiger partial charge in [-0.25, -0.2) is 8.42 Å². The molecule has 1 aliphatic heterocycles. The number of benzene rings is 1. The molecule has 100 valence electrons. The van der Waals surface area contributed by atoms with Gasteiger partial charge in [0.25, 0.3) is 0 Å². The summed E-state index contributed by atoms with van der Waals surface area (Å²) in [5.74, 6) is 0.847. The Balaban J connectivity index is 1.80. The van der Waals surface area contributed by atoms with Gasteiger partial charge in [-0.2, -0.15) is 0 Å². The number of hydrogen-bond donors (Lipinski definition) is 1. The smallest absolute Gasteiger partial charge is 0.180 e. The molecule has 0 bridgehead atoms. The van der Waals surface area contributed by atoms with Crippen molar-refractivity contribution >= 4 is 9.84 Å². The van der Waals surface area contributed by atoms with Crippen LogP contribution in [-0.4, -0.2) is 19.3 Å². The highest BCUT2D eigenvalue weighted by Crippen LogP contribution is 2.33. The summed E-state index contributed by atoms with van der Waals surface area (Å²) in [6.07, 6.45) is 0. The van der Waals surface area contributed by atoms with Gasteiger partial charge in [-0.1, -0.05) is 23.4 Å². The van der Waals surface area contributed by atoms with Gasteiger partial charge >= 0.3 is 0 Å². The lowest BCUT2D eigenvalue weighted by Crippen LogP contribution is -2.22. The van der Waals surface area contributed by atoms with Crippen LogP contribution in [0.3, 0.4) is 0 Å². The van der Waals surface area contributed by atoms with Crippen molar-refractivity contribution < 1.29 is 12.9 Å². The van der Waals surface area contributed by atoms with Crippen molar-refractivity contribution in [1.29, 1.82) is 0 Å². The maximum atomic E-state index is 12.0. The van der Waals surface area contributed by atoms with Crippen molar-refractivity contribution in [1.82, 2.24) is 10.5 Å². The summed E-state index contributed by atoms with van der Waals surface area (Å²) in [6.45, 7) is 2.32. The number of nitrogens with zero attached hydrogens (tertiary/aromatic N) is 1. The fraction of sp³-hybridized carbons (Fsp3) is 0.308. The number of sulfone groups is 1. The zero-order valence-corrected chi connectivity index (χ0v) is 11.3. The van der Waals surface area contributed by atoms with E-state index in [1.54, 1.807) is 12.1 Å². The van der Waals surface area contributed by atoms with Gasteiger partial charge in [0.05, 0.1) is 16.3 Å². The molecule has 1 unspecified atom stereocenters. The summed E-state index contributed by atoms with van der Waals surface area (Å²) in [6, 6.07) is 8.77. The van der Waals surface area contributed by atoms with Gasteiger partial charge in [-0.15, -0.1) is 0 Å². The first-order valence-corrected chi connectivity index (χ1v) is 7.69. The summed E-state index contributed by atoms with van der Waals surface area (Å²) < 4.78 is 29.0. The van der Waals surface area contributed by atoms with E-state index in [1.807, 2.05) is 25.1 Å². The van der Waals surface area contributed by atoms with Crippen molar-refractivity contribution in [2.75, 3.05) is 5.75 Å². The zero-order valence-electron chi connectivity index (χ0n) is 10.5. The summed E-state index contributed by atoms with van der Waals surface area (Å²) in [7, 11) is -3.16. The summed E-state index contributed by atoms with van der Waals surface area (Å²) in [5, 5.41) is 7.10. The van der Waals surface area contributed by atoms with E-state index >= 15 is 0 Å². The van der Waals surface area contributed by atoms with Crippen LogP contribution in [0.25, 0.3) is 0 Å². The Bertz CT molecular complexity index is 706. The minimum atomic E-state index is -3.16. The van der Waals surface area contributed by atoms with Gasteiger partial charge in [-0.3, -0.25) is 0 Å². The number of hydrogen-bond acceptors (Lipinski definition) is 5. The van der Waals surface area contributed by atoms with Crippen molar-refractivity contribution in [3.63, 3.8) is 0 Å². The van der Waals surface area contributed by atoms with Crippen molar-refractivity contribution in [3.05, 3.63) is 47.3 Å². The molecule has 1 aromatic carbocycles. The highest BCUT2D eigenvalue weighted by atomic mass is 32.2. The number of aryl methyl sites for hydroxylation is 1. The molecule has 2 aromatic rings. The fourth-order valence-corrected chi connectivity index (χ4v) is 4.12. The predicted molar refractivity (Wildman–Crippen MR) is 69.3 cm³/mol. The molecule has 0 spiro atoms. The van der Waals surface area contributed by atoms with E-state index in [-0.39, 0.29) is 11.8 Å². The van der Waals surface area contributed by atoms with Crippen molar-refractivity contribution in [2.45, 2.75) is 24.4 Å². The first kappa shape index (κ1) is 12.4. The SMILES string of the molecule is Cc1cc(CNC2CS(=O)(=O)c3ccccc32)no1. The number of fused-ring (bicyclic) bond motifs is 1. The van der Waals surface area contributed by atoms with Gasteiger partial charge in [0, 0.05) is 18.7 Å². The zero-order chi connectivity index (χ0) is 13.5. The minimum Gasteiger partial charge on any atom is -0.361 e. The molecule has 0 fully saturated rings. The summed E-state index contributed by atoms with van der Waals surface area (Å²) in [5.41, 5.74) is 1.61. The highest BCUT2D eigenvalue weighted by Gasteiger charge is 2.33. The summed E-state index contributed by atoms with van der Waals surface area (Å²) >= 11 is 0. The molecule has 1 aromatic heterocycles. The van der Waals surface area contributed by atoms with E-state index in [0.717, 1.165) is 17.0 Å². The monoisotopic (exact) mass is 278 g/mol. The maximum Gasteiger partial charge on any atom is 0.180 e. The Labute approximate surface area is 111 Å². The Morgan fingerprint density at radius 2 is 2.21 bits per heavy atom. The second kappa shape index (κ2) is 4.47. The first-order valence-electron chi connectivity index (χ1n) is 6.03. The normalized spacial score (nSPS) is 20.4. The Morgan fingerprint density at radius 3 is 2.95 bits per heavy atom. The van der Waals surface area contributed by atoms with Crippen molar-refractivity contribution in [2.24, 2.45) is 0 Å². The van der Waals surface area contributed by atoms with E-state index < -0.39 is 9.84 Å². The first-order chi connectivity index (χ1) is 9.06. The molecule has 19 heavy (non-hydrogen) atoms. The molecule has 1 aliphatic rings. The second-order valence-corrected chi connectivity index (χ2v) is 6.68. The predicted octanol–water partition coefficient (Wildman–Crippen LogP) is 1.60. The molecule has 0 radical (unpaired) electrons. The molecule has 5 nitrogen and oxygen atoms in total. The van der Waals surface area contributed by atoms with E-state index in [2.05, 4.69) is 10.5 Å². The molecule has 3 rings (SSSR count). The van der Waals surface area contributed by atoms with Crippen LogP contribution in [0.4, 0.5) is 0 Å². The third-order valence-electron chi connectivity index (χ3n) is 3.22. The molecule has 0 saturated heterocycles. The van der Waals surface area contributed by atoms with Gasteiger partial charge in [-0.05, 0) is 18.6 Å². The Kier molecular flexibility index (Phi) is 2.91. The minimum absolute atomic E-state index is 0.100. The average Bonchev–Trinajstić information content (AvgIpc) is 2.90. The van der Waals surface area contributed by atoms with Crippen LogP contribution in [-0.2, 0) is 16.4 Å². The average molecular weight is 278 g/mol. The number of rotatable bonds is 3. The second-order valence-electron chi connectivity index (χ2n) is 4.68. The van der Waals surface area contributed by atoms with E-state index in [1.165, 1.54) is 0 Å². The lowest BCUT2D eigenvalue weighted by Gasteiger charge is -2.10. The van der Waals surface area contributed by atoms with Crippen LogP contribution >= 0.6 is 0 Å². The quantitative estimate of drug-likeness (QED) is 0.923. The third-order valence-corrected chi connectivity index (χ3v) is 5.04. The highest BCUT2D eigenvalue weighted by molar-refractivity contribution is 7.91. The number of aromatic nitrogens is 1. The molecule has 0 aliphatic carbocycles. The molecule has 0 saturated carbocycles. The molecule has 1 atom stereocenters. The largest absolute Gasteiger partial charge is 0.361 e. The van der Waals surface area contributed by atoms with E-state index in [4.69, 9.17) is 4.52 Å². The lowest BCUT2D eigenvalue weighted by atomic mass is 10.1. The Morgan fingerprint density at radius 1 is 1.42 bits per heavy atom. The number of nitrogens with one attached hydrogen (secondary N) is 1. The van der Waals surface area contributed by atoms with Crippen LogP contribution in [0.15, 0.2) is 39.8 Å². The van der Waals surface area contributed by atoms with Gasteiger partial charge in [0.15, 0.2) is 9.84 Å². The van der Waals surface area contributed by atoms with Gasteiger partial charge < -0.3 is 9.84 Å². The van der Waals surface area contributed by atoms with E-state index in [9.17, 15) is 8.42 Å². The van der Waals surface area contributed by atoms with Crippen LogP contribution in [0.2, 0.25) is 0 Å². The van der Waals surface area contributed by atoms with Crippen molar-refractivity contribution in [3.8, 4) is 0 Å². The molecule has 2 heterocycles. The van der Waals surface area contributed by atoms with Crippen LogP contribution in [0.1, 0.15) is 23.1 Å². The maximum absolute atomic E-state index is 12.0. The molecular weight excluding hydrogens is 264 g/mol. The fourth-order valence-electron chi connectivity index (χ4n) is 2.35. The van der Waals surface area contributed by atoms with E-state index in [0.29, 0.717) is 11.4 Å². The van der Waals surface area contributed by atoms with Crippen LogP contribution < -0.4 is 5.32 Å². The molecule has 6 heteroatoms. The lowest BCUT2D eigenvalue weighted by molar-refractivity contribution is 0.386. The standard InChI is InChI=1S/C13H14N2O3S/c1-9-6-10(15-18-9)7-14-12-8-19(16,17)13-5-3-2-4-11(12)13/h2-6,12,14H,7-8H2,1H3. The van der Waals surface area contributed by atoms with Crippen LogP contribution in [0, 0.1) is 6.92 Å². The summed E-state index contributed by atoms with van der Waals surface area (Å²) in [4.78, 5) is 0.434. The topological polar surface area (TPSA) is 72.2 Å². The van der Waals surface area contributed by atoms with Gasteiger partial charge in [0.1, 0.15) is 5.76 Å². The molecule has 0 amide bonds. The Hall–Kier alpha value is -1.66. The third kappa shape index (κ3) is 2.29.